The predicted octanol–water partition coefficient (Wildman–Crippen LogP) is 4.72. The Kier molecular flexibility index (Phi) is 3.87. The molecule has 120 valence electrons. The van der Waals surface area contributed by atoms with E-state index < -0.39 is 5.82 Å². The van der Waals surface area contributed by atoms with Crippen LogP contribution in [0.15, 0.2) is 45.7 Å². The largest absolute Gasteiger partial charge is 0.300 e. The molecule has 0 aliphatic carbocycles. The van der Waals surface area contributed by atoms with Crippen molar-refractivity contribution in [3.63, 3.8) is 0 Å². The van der Waals surface area contributed by atoms with Gasteiger partial charge >= 0.3 is 0 Å². The maximum atomic E-state index is 13.3. The quantitative estimate of drug-likeness (QED) is 0.702. The van der Waals surface area contributed by atoms with E-state index in [0.717, 1.165) is 16.7 Å². The summed E-state index contributed by atoms with van der Waals surface area (Å²) in [5, 5.41) is 4.65. The Labute approximate surface area is 148 Å². The molecule has 3 heterocycles. The maximum Gasteiger partial charge on any atom is 0.289 e. The summed E-state index contributed by atoms with van der Waals surface area (Å²) in [6.45, 7) is 0. The molecule has 1 saturated heterocycles. The van der Waals surface area contributed by atoms with Gasteiger partial charge in [0.05, 0.1) is 16.3 Å². The number of benzene rings is 1. The highest BCUT2D eigenvalue weighted by atomic mass is 35.5. The molecule has 9 heteroatoms. The van der Waals surface area contributed by atoms with Gasteiger partial charge in [-0.05, 0) is 36.0 Å². The number of amidine groups is 1. The molecule has 0 radical (unpaired) electrons. The third-order valence-electron chi connectivity index (χ3n) is 3.23. The number of nitrogens with one attached hydrogen (secondary N) is 1. The number of imidazole rings is 1. The number of halogens is 2. The fraction of sp³-hybridized carbons (Fsp3) is 0. The van der Waals surface area contributed by atoms with Gasteiger partial charge < -0.3 is 5.32 Å². The number of hydrogen-bond donors (Lipinski definition) is 1. The van der Waals surface area contributed by atoms with Crippen molar-refractivity contribution in [3.05, 3.63) is 57.4 Å². The van der Waals surface area contributed by atoms with Crippen molar-refractivity contribution in [1.82, 2.24) is 14.7 Å². The molecular weight excluding hydrogens is 371 g/mol. The van der Waals surface area contributed by atoms with Crippen LogP contribution in [-0.4, -0.2) is 20.5 Å². The lowest BCUT2D eigenvalue weighted by atomic mass is 10.3. The number of fused-ring (bicyclic) bond motifs is 1. The van der Waals surface area contributed by atoms with Crippen molar-refractivity contribution in [2.45, 2.75) is 0 Å². The van der Waals surface area contributed by atoms with Gasteiger partial charge in [-0.1, -0.05) is 17.7 Å². The molecule has 0 unspecified atom stereocenters. The zero-order valence-electron chi connectivity index (χ0n) is 11.9. The van der Waals surface area contributed by atoms with Crippen molar-refractivity contribution >= 4 is 62.5 Å². The molecule has 0 bridgehead atoms. The number of rotatable bonds is 2. The fourth-order valence-electron chi connectivity index (χ4n) is 2.22. The van der Waals surface area contributed by atoms with Crippen LogP contribution in [-0.2, 0) is 0 Å². The summed E-state index contributed by atoms with van der Waals surface area (Å²) in [4.78, 5) is 21.7. The van der Waals surface area contributed by atoms with Crippen molar-refractivity contribution < 1.29 is 9.18 Å². The van der Waals surface area contributed by atoms with Gasteiger partial charge in [-0.25, -0.2) is 14.4 Å². The Morgan fingerprint density at radius 1 is 1.42 bits per heavy atom. The number of hydrogen-bond acceptors (Lipinski definition) is 5. The first kappa shape index (κ1) is 15.4. The van der Waals surface area contributed by atoms with Gasteiger partial charge in [0.1, 0.15) is 11.7 Å². The number of aliphatic imine (C=N–C) groups is 1. The van der Waals surface area contributed by atoms with Gasteiger partial charge in [0.15, 0.2) is 10.1 Å². The standard InChI is InChI=1S/C15H8ClFN4OS2/c16-12-10(21-4-5-23-14(21)19-12)7-11-13(20-15(22)24-11)18-9-3-1-2-8(17)6-9/h1-7H,(H,18,20,22). The molecule has 1 aliphatic rings. The molecule has 1 aliphatic heterocycles. The van der Waals surface area contributed by atoms with Crippen LogP contribution in [0.25, 0.3) is 11.0 Å². The van der Waals surface area contributed by atoms with Crippen LogP contribution >= 0.6 is 34.7 Å². The van der Waals surface area contributed by atoms with E-state index in [1.807, 2.05) is 16.0 Å². The Balaban J connectivity index is 1.79. The Hall–Kier alpha value is -2.16. The molecule has 4 rings (SSSR count). The van der Waals surface area contributed by atoms with E-state index in [1.54, 1.807) is 18.2 Å². The summed E-state index contributed by atoms with van der Waals surface area (Å²) in [6.07, 6.45) is 3.60. The lowest BCUT2D eigenvalue weighted by molar-refractivity contribution is 0.265. The summed E-state index contributed by atoms with van der Waals surface area (Å²) in [5.41, 5.74) is 1.08. The van der Waals surface area contributed by atoms with E-state index in [-0.39, 0.29) is 5.24 Å². The van der Waals surface area contributed by atoms with E-state index in [2.05, 4.69) is 15.3 Å². The SMILES string of the molecule is O=C1NC(=Nc2cccc(F)c2)C(=Cc2c(Cl)nc3sccn23)S1. The molecule has 24 heavy (non-hydrogen) atoms. The number of carbonyl (C=O) groups excluding carboxylic acids is 1. The van der Waals surface area contributed by atoms with Crippen LogP contribution in [0.2, 0.25) is 5.15 Å². The van der Waals surface area contributed by atoms with Crippen molar-refractivity contribution in [2.75, 3.05) is 0 Å². The van der Waals surface area contributed by atoms with Crippen LogP contribution in [0.4, 0.5) is 14.9 Å². The van der Waals surface area contributed by atoms with E-state index >= 15 is 0 Å². The highest BCUT2D eigenvalue weighted by Gasteiger charge is 2.25. The van der Waals surface area contributed by atoms with Gasteiger partial charge in [0.2, 0.25) is 0 Å². The van der Waals surface area contributed by atoms with Crippen molar-refractivity contribution in [3.8, 4) is 0 Å². The number of carbonyl (C=O) groups is 1. The van der Waals surface area contributed by atoms with Crippen LogP contribution in [0, 0.1) is 5.82 Å². The third kappa shape index (κ3) is 2.83. The Bertz CT molecular complexity index is 1020. The molecule has 1 amide bonds. The molecule has 2 aromatic heterocycles. The lowest BCUT2D eigenvalue weighted by Crippen LogP contribution is -2.18. The molecule has 1 aromatic carbocycles. The van der Waals surface area contributed by atoms with E-state index in [4.69, 9.17) is 11.6 Å². The van der Waals surface area contributed by atoms with Gasteiger partial charge in [-0.15, -0.1) is 11.3 Å². The second kappa shape index (κ2) is 6.04. The number of thiazole rings is 1. The smallest absolute Gasteiger partial charge is 0.289 e. The number of thioether (sulfide) groups is 1. The first-order chi connectivity index (χ1) is 11.6. The minimum atomic E-state index is -0.391. The maximum absolute atomic E-state index is 13.3. The Morgan fingerprint density at radius 3 is 3.12 bits per heavy atom. The van der Waals surface area contributed by atoms with Gasteiger partial charge in [0.25, 0.3) is 5.24 Å². The van der Waals surface area contributed by atoms with E-state index in [0.29, 0.717) is 27.3 Å². The average Bonchev–Trinajstić information content (AvgIpc) is 3.18. The minimum absolute atomic E-state index is 0.251. The molecule has 1 fully saturated rings. The average molecular weight is 379 g/mol. The molecule has 0 atom stereocenters. The summed E-state index contributed by atoms with van der Waals surface area (Å²) >= 11 is 8.65. The normalized spacial score (nSPS) is 18.0. The third-order valence-corrected chi connectivity index (χ3v) is 5.08. The van der Waals surface area contributed by atoms with E-state index in [1.165, 1.54) is 23.5 Å². The van der Waals surface area contributed by atoms with Crippen molar-refractivity contribution in [1.29, 1.82) is 0 Å². The number of nitrogens with zero attached hydrogens (tertiary/aromatic N) is 3. The van der Waals surface area contributed by atoms with Crippen LogP contribution in [0.1, 0.15) is 5.69 Å². The molecule has 5 nitrogen and oxygen atoms in total. The number of amides is 1. The first-order valence-corrected chi connectivity index (χ1v) is 8.84. The highest BCUT2D eigenvalue weighted by molar-refractivity contribution is 8.18. The topological polar surface area (TPSA) is 58.8 Å². The highest BCUT2D eigenvalue weighted by Crippen LogP contribution is 2.31. The van der Waals surface area contributed by atoms with E-state index in [9.17, 15) is 9.18 Å². The summed E-state index contributed by atoms with van der Waals surface area (Å²) in [6, 6.07) is 5.85. The summed E-state index contributed by atoms with van der Waals surface area (Å²) in [7, 11) is 0. The van der Waals surface area contributed by atoms with Crippen molar-refractivity contribution in [2.24, 2.45) is 4.99 Å². The fourth-order valence-corrected chi connectivity index (χ4v) is 3.93. The Morgan fingerprint density at radius 2 is 2.29 bits per heavy atom. The minimum Gasteiger partial charge on any atom is -0.300 e. The number of aromatic nitrogens is 2. The summed E-state index contributed by atoms with van der Waals surface area (Å²) in [5.74, 6) is -0.0324. The van der Waals surface area contributed by atoms with Gasteiger partial charge in [-0.3, -0.25) is 9.20 Å². The van der Waals surface area contributed by atoms with Crippen LogP contribution in [0.3, 0.4) is 0 Å². The lowest BCUT2D eigenvalue weighted by Gasteiger charge is -2.00. The molecular formula is C15H8ClFN4OS2. The molecule has 0 saturated carbocycles. The first-order valence-electron chi connectivity index (χ1n) is 6.76. The van der Waals surface area contributed by atoms with Crippen LogP contribution < -0.4 is 5.32 Å². The van der Waals surface area contributed by atoms with Crippen LogP contribution in [0.5, 0.6) is 0 Å². The second-order valence-corrected chi connectivity index (χ2v) is 7.05. The second-order valence-electron chi connectivity index (χ2n) is 4.81. The predicted molar refractivity (Wildman–Crippen MR) is 95.7 cm³/mol. The molecule has 1 N–H and O–H groups in total. The monoisotopic (exact) mass is 378 g/mol. The summed E-state index contributed by atoms with van der Waals surface area (Å²) < 4.78 is 15.1. The molecule has 0 spiro atoms. The van der Waals surface area contributed by atoms with Gasteiger partial charge in [-0.2, -0.15) is 0 Å². The zero-order chi connectivity index (χ0) is 16.7. The molecule has 3 aromatic rings. The zero-order valence-corrected chi connectivity index (χ0v) is 14.3. The van der Waals surface area contributed by atoms with Gasteiger partial charge in [0, 0.05) is 11.6 Å².